The van der Waals surface area contributed by atoms with Gasteiger partial charge in [-0.05, 0) is 31.2 Å². The molecule has 0 spiro atoms. The highest BCUT2D eigenvalue weighted by Gasteiger charge is 2.19. The molecular weight excluding hydrogens is 234 g/mol. The molecule has 3 heteroatoms. The second-order valence-electron chi connectivity index (χ2n) is 5.07. The van der Waals surface area contributed by atoms with E-state index in [0.29, 0.717) is 0 Å². The molecule has 1 aliphatic rings. The minimum Gasteiger partial charge on any atom is -0.370 e. The monoisotopic (exact) mass is 253 g/mol. The van der Waals surface area contributed by atoms with Gasteiger partial charge in [-0.25, -0.2) is 9.97 Å². The first-order chi connectivity index (χ1) is 9.36. The predicted octanol–water partition coefficient (Wildman–Crippen LogP) is 3.84. The minimum absolute atomic E-state index is 0.789. The van der Waals surface area contributed by atoms with Crippen molar-refractivity contribution in [3.8, 4) is 11.3 Å². The molecule has 1 N–H and O–H groups in total. The summed E-state index contributed by atoms with van der Waals surface area (Å²) in [6.45, 7) is 2.94. The molecule has 1 aromatic carbocycles. The van der Waals surface area contributed by atoms with Crippen molar-refractivity contribution in [3.05, 3.63) is 42.2 Å². The maximum absolute atomic E-state index is 4.35. The fourth-order valence-electron chi connectivity index (χ4n) is 2.46. The average Bonchev–Trinajstić information content (AvgIpc) is 2.38. The number of hydrogen-bond acceptors (Lipinski definition) is 3. The molecule has 98 valence electrons. The molecule has 1 aromatic heterocycles. The summed E-state index contributed by atoms with van der Waals surface area (Å²) >= 11 is 0. The van der Waals surface area contributed by atoms with Crippen LogP contribution in [0.3, 0.4) is 0 Å². The van der Waals surface area contributed by atoms with E-state index >= 15 is 0 Å². The molecule has 1 fully saturated rings. The molecule has 19 heavy (non-hydrogen) atoms. The van der Waals surface area contributed by atoms with Crippen molar-refractivity contribution in [1.82, 2.24) is 9.97 Å². The Morgan fingerprint density at radius 2 is 1.95 bits per heavy atom. The summed E-state index contributed by atoms with van der Waals surface area (Å²) in [5.74, 6) is 1.67. The first-order valence-corrected chi connectivity index (χ1v) is 7.03. The first kappa shape index (κ1) is 12.2. The molecule has 0 aliphatic heterocycles. The lowest BCUT2D eigenvalue weighted by molar-refractivity contribution is 0.420. The highest BCUT2D eigenvalue weighted by molar-refractivity contribution is 5.62. The van der Waals surface area contributed by atoms with Gasteiger partial charge >= 0.3 is 0 Å². The van der Waals surface area contributed by atoms with Crippen LogP contribution in [-0.4, -0.2) is 16.5 Å². The molecule has 0 radical (unpaired) electrons. The number of hydrogen-bond donors (Lipinski definition) is 1. The van der Waals surface area contributed by atoms with Gasteiger partial charge in [-0.15, -0.1) is 0 Å². The lowest BCUT2D eigenvalue weighted by Crippen LogP contribution is -2.08. The molecule has 1 heterocycles. The zero-order valence-electron chi connectivity index (χ0n) is 11.3. The van der Waals surface area contributed by atoms with Crippen LogP contribution in [0.2, 0.25) is 0 Å². The largest absolute Gasteiger partial charge is 0.370 e. The number of benzene rings is 1. The molecule has 3 rings (SSSR count). The molecule has 3 nitrogen and oxygen atoms in total. The Bertz CT molecular complexity index is 544. The molecule has 2 aromatic rings. The first-order valence-electron chi connectivity index (χ1n) is 7.03. The zero-order valence-corrected chi connectivity index (χ0v) is 11.3. The minimum atomic E-state index is 0.789. The van der Waals surface area contributed by atoms with Gasteiger partial charge in [0.25, 0.3) is 0 Å². The number of anilines is 1. The summed E-state index contributed by atoms with van der Waals surface area (Å²) in [5.41, 5.74) is 3.60. The van der Waals surface area contributed by atoms with Crippen LogP contribution in [0, 0.1) is 0 Å². The van der Waals surface area contributed by atoms with Crippen LogP contribution >= 0.6 is 0 Å². The van der Waals surface area contributed by atoms with Crippen LogP contribution in [-0.2, 0) is 0 Å². The van der Waals surface area contributed by atoms with Crippen molar-refractivity contribution in [3.63, 3.8) is 0 Å². The molecule has 1 aliphatic carbocycles. The number of nitrogens with one attached hydrogen (secondary N) is 1. The van der Waals surface area contributed by atoms with E-state index < -0.39 is 0 Å². The van der Waals surface area contributed by atoms with Crippen molar-refractivity contribution in [2.24, 2.45) is 0 Å². The lowest BCUT2D eigenvalue weighted by atomic mass is 9.80. The quantitative estimate of drug-likeness (QED) is 0.899. The van der Waals surface area contributed by atoms with E-state index in [4.69, 9.17) is 0 Å². The third-order valence-electron chi connectivity index (χ3n) is 3.81. The topological polar surface area (TPSA) is 37.8 Å². The van der Waals surface area contributed by atoms with E-state index in [2.05, 4.69) is 46.5 Å². The van der Waals surface area contributed by atoms with Gasteiger partial charge in [0.05, 0.1) is 5.69 Å². The second kappa shape index (κ2) is 5.39. The van der Waals surface area contributed by atoms with Gasteiger partial charge in [-0.3, -0.25) is 0 Å². The Kier molecular flexibility index (Phi) is 3.45. The third kappa shape index (κ3) is 2.60. The molecule has 1 saturated carbocycles. The smallest absolute Gasteiger partial charge is 0.129 e. The van der Waals surface area contributed by atoms with Crippen molar-refractivity contribution in [2.75, 3.05) is 11.9 Å². The fourth-order valence-corrected chi connectivity index (χ4v) is 2.46. The SMILES string of the molecule is CCNc1cc(-c2ccc(C3CCC3)cc2)ncn1. The summed E-state index contributed by atoms with van der Waals surface area (Å²) in [6, 6.07) is 10.8. The van der Waals surface area contributed by atoms with E-state index in [1.54, 1.807) is 6.33 Å². The Morgan fingerprint density at radius 1 is 1.16 bits per heavy atom. The van der Waals surface area contributed by atoms with Crippen LogP contribution in [0.4, 0.5) is 5.82 Å². The highest BCUT2D eigenvalue weighted by atomic mass is 15.0. The third-order valence-corrected chi connectivity index (χ3v) is 3.81. The Morgan fingerprint density at radius 3 is 2.58 bits per heavy atom. The van der Waals surface area contributed by atoms with Gasteiger partial charge < -0.3 is 5.32 Å². The Labute approximate surface area is 114 Å². The molecule has 0 saturated heterocycles. The van der Waals surface area contributed by atoms with Crippen LogP contribution in [0.1, 0.15) is 37.7 Å². The summed E-state index contributed by atoms with van der Waals surface area (Å²) in [5, 5.41) is 3.21. The average molecular weight is 253 g/mol. The van der Waals surface area contributed by atoms with Crippen molar-refractivity contribution >= 4 is 5.82 Å². The van der Waals surface area contributed by atoms with Crippen LogP contribution in [0.15, 0.2) is 36.7 Å². The van der Waals surface area contributed by atoms with E-state index in [-0.39, 0.29) is 0 Å². The molecule has 0 bridgehead atoms. The maximum Gasteiger partial charge on any atom is 0.129 e. The Hall–Kier alpha value is -1.90. The van der Waals surface area contributed by atoms with Gasteiger partial charge in [-0.2, -0.15) is 0 Å². The van der Waals surface area contributed by atoms with Gasteiger partial charge in [0, 0.05) is 18.2 Å². The standard InChI is InChI=1S/C16H19N3/c1-2-17-16-10-15(18-11-19-16)14-8-6-13(7-9-14)12-4-3-5-12/h6-12H,2-5H2,1H3,(H,17,18,19). The normalized spacial score (nSPS) is 15.0. The van der Waals surface area contributed by atoms with E-state index in [0.717, 1.165) is 29.5 Å². The van der Waals surface area contributed by atoms with Crippen molar-refractivity contribution in [1.29, 1.82) is 0 Å². The van der Waals surface area contributed by atoms with E-state index in [1.165, 1.54) is 24.8 Å². The molecular formula is C16H19N3. The fraction of sp³-hybridized carbons (Fsp3) is 0.375. The Balaban J connectivity index is 1.82. The van der Waals surface area contributed by atoms with Gasteiger partial charge in [0.15, 0.2) is 0 Å². The number of nitrogens with zero attached hydrogens (tertiary/aromatic N) is 2. The van der Waals surface area contributed by atoms with Crippen LogP contribution in [0.5, 0.6) is 0 Å². The van der Waals surface area contributed by atoms with Gasteiger partial charge in [0.1, 0.15) is 12.1 Å². The lowest BCUT2D eigenvalue weighted by Gasteiger charge is -2.25. The second-order valence-corrected chi connectivity index (χ2v) is 5.07. The molecule has 0 atom stereocenters. The summed E-state index contributed by atoms with van der Waals surface area (Å²) in [6.07, 6.45) is 5.69. The summed E-state index contributed by atoms with van der Waals surface area (Å²) in [4.78, 5) is 8.55. The zero-order chi connectivity index (χ0) is 13.1. The maximum atomic E-state index is 4.35. The number of aromatic nitrogens is 2. The van der Waals surface area contributed by atoms with Gasteiger partial charge in [-0.1, -0.05) is 30.7 Å². The summed E-state index contributed by atoms with van der Waals surface area (Å²) in [7, 11) is 0. The van der Waals surface area contributed by atoms with Crippen LogP contribution in [0.25, 0.3) is 11.3 Å². The van der Waals surface area contributed by atoms with Gasteiger partial charge in [0.2, 0.25) is 0 Å². The van der Waals surface area contributed by atoms with Crippen molar-refractivity contribution < 1.29 is 0 Å². The van der Waals surface area contributed by atoms with Crippen LogP contribution < -0.4 is 5.32 Å². The van der Waals surface area contributed by atoms with Crippen molar-refractivity contribution in [2.45, 2.75) is 32.1 Å². The number of rotatable bonds is 4. The highest BCUT2D eigenvalue weighted by Crippen LogP contribution is 2.36. The predicted molar refractivity (Wildman–Crippen MR) is 78.2 cm³/mol. The molecule has 0 amide bonds. The van der Waals surface area contributed by atoms with E-state index in [1.807, 2.05) is 6.07 Å². The summed E-state index contributed by atoms with van der Waals surface area (Å²) < 4.78 is 0. The van der Waals surface area contributed by atoms with E-state index in [9.17, 15) is 0 Å². The molecule has 0 unspecified atom stereocenters.